The highest BCUT2D eigenvalue weighted by atomic mass is 32.1. The third-order valence-electron chi connectivity index (χ3n) is 5.81. The van der Waals surface area contributed by atoms with E-state index in [1.807, 2.05) is 6.92 Å². The summed E-state index contributed by atoms with van der Waals surface area (Å²) in [4.78, 5) is 43.9. The number of nitrogens with one attached hydrogen (secondary N) is 1. The molecule has 2 saturated heterocycles. The highest BCUT2D eigenvalue weighted by molar-refractivity contribution is 7.09. The molecule has 164 valence electrons. The molecule has 2 aliphatic rings. The summed E-state index contributed by atoms with van der Waals surface area (Å²) in [6, 6.07) is 2.01. The fourth-order valence-electron chi connectivity index (χ4n) is 4.31. The van der Waals surface area contributed by atoms with Crippen molar-refractivity contribution in [2.75, 3.05) is 6.54 Å². The number of aromatic nitrogens is 1. The molecule has 1 aromatic heterocycles. The number of carbonyl (C=O) groups excluding carboxylic acids is 2. The van der Waals surface area contributed by atoms with Crippen molar-refractivity contribution in [3.8, 4) is 0 Å². The SMILES string of the molecule is Cc1ncsc1CCN1C(=O)C2C(C(=O)O)NC(c3cccc(C(F)(F)F)c3)C2C1=O. The molecule has 0 bridgehead atoms. The van der Waals surface area contributed by atoms with Gasteiger partial charge < -0.3 is 5.11 Å². The number of aliphatic carboxylic acids is 1. The highest BCUT2D eigenvalue weighted by Crippen LogP contribution is 2.45. The lowest BCUT2D eigenvalue weighted by molar-refractivity contribution is -0.146. The zero-order chi connectivity index (χ0) is 22.5. The van der Waals surface area contributed by atoms with Crippen LogP contribution in [0.4, 0.5) is 13.2 Å². The van der Waals surface area contributed by atoms with Gasteiger partial charge in [-0.1, -0.05) is 12.1 Å². The van der Waals surface area contributed by atoms with E-state index in [0.717, 1.165) is 27.6 Å². The number of benzene rings is 1. The van der Waals surface area contributed by atoms with Gasteiger partial charge in [0.15, 0.2) is 0 Å². The molecule has 0 saturated carbocycles. The van der Waals surface area contributed by atoms with Gasteiger partial charge in [0.25, 0.3) is 0 Å². The van der Waals surface area contributed by atoms with E-state index in [2.05, 4.69) is 10.3 Å². The largest absolute Gasteiger partial charge is 0.480 e. The normalized spacial score (nSPS) is 25.9. The van der Waals surface area contributed by atoms with Crippen molar-refractivity contribution in [1.82, 2.24) is 15.2 Å². The average molecular weight is 453 g/mol. The van der Waals surface area contributed by atoms with Crippen LogP contribution in [-0.2, 0) is 27.0 Å². The predicted molar refractivity (Wildman–Crippen MR) is 103 cm³/mol. The molecule has 0 spiro atoms. The molecule has 4 unspecified atom stereocenters. The zero-order valence-corrected chi connectivity index (χ0v) is 17.0. The quantitative estimate of drug-likeness (QED) is 0.675. The smallest absolute Gasteiger partial charge is 0.416 e. The van der Waals surface area contributed by atoms with Crippen molar-refractivity contribution < 1.29 is 32.7 Å². The number of amides is 2. The molecule has 7 nitrogen and oxygen atoms in total. The number of nitrogens with zero attached hydrogens (tertiary/aromatic N) is 2. The lowest BCUT2D eigenvalue weighted by Gasteiger charge is -2.22. The summed E-state index contributed by atoms with van der Waals surface area (Å²) < 4.78 is 39.4. The monoisotopic (exact) mass is 453 g/mol. The van der Waals surface area contributed by atoms with E-state index in [9.17, 15) is 32.7 Å². The number of hydrogen-bond acceptors (Lipinski definition) is 6. The number of rotatable bonds is 5. The van der Waals surface area contributed by atoms with Gasteiger partial charge in [-0.25, -0.2) is 4.98 Å². The minimum atomic E-state index is -4.59. The Bertz CT molecular complexity index is 1050. The van der Waals surface area contributed by atoms with E-state index in [4.69, 9.17) is 0 Å². The summed E-state index contributed by atoms with van der Waals surface area (Å²) >= 11 is 1.39. The molecule has 2 fully saturated rings. The summed E-state index contributed by atoms with van der Waals surface area (Å²) in [5.41, 5.74) is 1.66. The van der Waals surface area contributed by atoms with Crippen LogP contribution in [0.1, 0.15) is 27.7 Å². The van der Waals surface area contributed by atoms with Gasteiger partial charge >= 0.3 is 12.1 Å². The number of aryl methyl sites for hydroxylation is 1. The summed E-state index contributed by atoms with van der Waals surface area (Å²) in [6.45, 7) is 1.87. The summed E-state index contributed by atoms with van der Waals surface area (Å²) in [7, 11) is 0. The van der Waals surface area contributed by atoms with Crippen molar-refractivity contribution in [1.29, 1.82) is 0 Å². The van der Waals surface area contributed by atoms with Crippen LogP contribution in [0.5, 0.6) is 0 Å². The maximum atomic E-state index is 13.1. The fourth-order valence-corrected chi connectivity index (χ4v) is 5.08. The number of halogens is 3. The van der Waals surface area contributed by atoms with Crippen LogP contribution in [0.2, 0.25) is 0 Å². The third-order valence-corrected chi connectivity index (χ3v) is 6.81. The maximum absolute atomic E-state index is 13.1. The summed E-state index contributed by atoms with van der Waals surface area (Å²) in [5, 5.41) is 12.3. The second kappa shape index (κ2) is 7.72. The first-order valence-electron chi connectivity index (χ1n) is 9.49. The Hall–Kier alpha value is -2.79. The van der Waals surface area contributed by atoms with Crippen LogP contribution in [0.15, 0.2) is 29.8 Å². The molecule has 1 aromatic carbocycles. The number of imide groups is 1. The average Bonchev–Trinajstić information content (AvgIpc) is 3.36. The Morgan fingerprint density at radius 1 is 1.26 bits per heavy atom. The van der Waals surface area contributed by atoms with Crippen molar-refractivity contribution in [3.63, 3.8) is 0 Å². The summed E-state index contributed by atoms with van der Waals surface area (Å²) in [6.07, 6.45) is -4.21. The molecular weight excluding hydrogens is 435 g/mol. The van der Waals surface area contributed by atoms with E-state index in [0.29, 0.717) is 6.42 Å². The van der Waals surface area contributed by atoms with Gasteiger partial charge in [-0.05, 0) is 24.6 Å². The Balaban J connectivity index is 1.65. The standard InChI is InChI=1S/C20H18F3N3O4S/c1-9-12(31-8-24-9)5-6-26-17(27)13-14(18(26)28)16(19(29)30)25-15(13)10-3-2-4-11(7-10)20(21,22)23/h2-4,7-8,13-16,25H,5-6H2,1H3,(H,29,30). The molecule has 4 atom stereocenters. The number of fused-ring (bicyclic) bond motifs is 1. The number of likely N-dealkylation sites (tertiary alicyclic amines) is 1. The molecular formula is C20H18F3N3O4S. The van der Waals surface area contributed by atoms with Crippen LogP contribution in [0, 0.1) is 18.8 Å². The molecule has 3 heterocycles. The fraction of sp³-hybridized carbons (Fsp3) is 0.400. The molecule has 2 N–H and O–H groups in total. The zero-order valence-electron chi connectivity index (χ0n) is 16.2. The van der Waals surface area contributed by atoms with Gasteiger partial charge in [-0.3, -0.25) is 24.6 Å². The number of carbonyl (C=O) groups is 3. The Kier molecular flexibility index (Phi) is 5.34. The van der Waals surface area contributed by atoms with Crippen molar-refractivity contribution >= 4 is 29.1 Å². The second-order valence-corrected chi connectivity index (χ2v) is 8.51. The first-order chi connectivity index (χ1) is 14.6. The van der Waals surface area contributed by atoms with E-state index in [1.54, 1.807) is 5.51 Å². The Labute approximate surface area is 178 Å². The van der Waals surface area contributed by atoms with Crippen molar-refractivity contribution in [2.24, 2.45) is 11.8 Å². The Morgan fingerprint density at radius 3 is 2.58 bits per heavy atom. The molecule has 2 amide bonds. The summed E-state index contributed by atoms with van der Waals surface area (Å²) in [5.74, 6) is -4.78. The van der Waals surface area contributed by atoms with Gasteiger partial charge in [0, 0.05) is 23.9 Å². The number of carboxylic acid groups (broad SMARTS) is 1. The molecule has 4 rings (SSSR count). The van der Waals surface area contributed by atoms with Gasteiger partial charge in [-0.2, -0.15) is 13.2 Å². The number of carboxylic acids is 1. The van der Waals surface area contributed by atoms with Crippen molar-refractivity contribution in [2.45, 2.75) is 31.6 Å². The second-order valence-electron chi connectivity index (χ2n) is 7.57. The topological polar surface area (TPSA) is 99.6 Å². The van der Waals surface area contributed by atoms with Gasteiger partial charge in [0.1, 0.15) is 6.04 Å². The van der Waals surface area contributed by atoms with Gasteiger partial charge in [0.05, 0.1) is 28.6 Å². The third kappa shape index (κ3) is 3.72. The van der Waals surface area contributed by atoms with Gasteiger partial charge in [-0.15, -0.1) is 11.3 Å². The maximum Gasteiger partial charge on any atom is 0.416 e. The van der Waals surface area contributed by atoms with E-state index in [-0.39, 0.29) is 12.1 Å². The van der Waals surface area contributed by atoms with Crippen LogP contribution in [0.3, 0.4) is 0 Å². The molecule has 11 heteroatoms. The van der Waals surface area contributed by atoms with E-state index in [1.165, 1.54) is 23.5 Å². The van der Waals surface area contributed by atoms with Crippen LogP contribution < -0.4 is 5.32 Å². The molecule has 2 aromatic rings. The number of hydrogen-bond donors (Lipinski definition) is 2. The number of thiazole rings is 1. The predicted octanol–water partition coefficient (Wildman–Crippen LogP) is 2.41. The first kappa shape index (κ1) is 21.4. The van der Waals surface area contributed by atoms with Crippen LogP contribution in [-0.4, -0.2) is 45.4 Å². The molecule has 0 radical (unpaired) electrons. The first-order valence-corrected chi connectivity index (χ1v) is 10.4. The van der Waals surface area contributed by atoms with E-state index >= 15 is 0 Å². The van der Waals surface area contributed by atoms with Crippen molar-refractivity contribution in [3.05, 3.63) is 51.5 Å². The minimum absolute atomic E-state index is 0.0648. The van der Waals surface area contributed by atoms with E-state index < -0.39 is 53.4 Å². The Morgan fingerprint density at radius 2 is 1.97 bits per heavy atom. The lowest BCUT2D eigenvalue weighted by atomic mass is 9.86. The van der Waals surface area contributed by atoms with Crippen LogP contribution >= 0.6 is 11.3 Å². The number of alkyl halides is 3. The molecule has 2 aliphatic heterocycles. The van der Waals surface area contributed by atoms with Gasteiger partial charge in [0.2, 0.25) is 11.8 Å². The molecule has 31 heavy (non-hydrogen) atoms. The van der Waals surface area contributed by atoms with Crippen LogP contribution in [0.25, 0.3) is 0 Å². The highest BCUT2D eigenvalue weighted by Gasteiger charge is 2.60. The minimum Gasteiger partial charge on any atom is -0.480 e. The molecule has 0 aliphatic carbocycles. The lowest BCUT2D eigenvalue weighted by Crippen LogP contribution is -2.43.